The lowest BCUT2D eigenvalue weighted by Crippen LogP contribution is -2.49. The van der Waals surface area contributed by atoms with Crippen LogP contribution in [0.25, 0.3) is 0 Å². The zero-order chi connectivity index (χ0) is 16.8. The highest BCUT2D eigenvalue weighted by molar-refractivity contribution is 7.80. The predicted octanol–water partition coefficient (Wildman–Crippen LogP) is 2.23. The van der Waals surface area contributed by atoms with E-state index in [-0.39, 0.29) is 12.5 Å². The summed E-state index contributed by atoms with van der Waals surface area (Å²) in [5.74, 6) is 0.100. The van der Waals surface area contributed by atoms with Gasteiger partial charge in [0, 0.05) is 24.0 Å². The first-order valence-electron chi connectivity index (χ1n) is 8.66. The summed E-state index contributed by atoms with van der Waals surface area (Å²) in [6.07, 6.45) is 4.90. The van der Waals surface area contributed by atoms with Crippen molar-refractivity contribution in [3.05, 3.63) is 22.4 Å². The molecular formula is C17H25N3O2S2. The third-order valence-corrected chi connectivity index (χ3v) is 5.93. The zero-order valence-electron chi connectivity index (χ0n) is 13.9. The lowest BCUT2D eigenvalue weighted by Gasteiger charge is -2.32. The molecule has 132 valence electrons. The van der Waals surface area contributed by atoms with Crippen molar-refractivity contribution in [2.24, 2.45) is 0 Å². The number of carbonyl (C=O) groups excluding carboxylic acids is 1. The average molecular weight is 368 g/mol. The molecule has 1 aromatic heterocycles. The summed E-state index contributed by atoms with van der Waals surface area (Å²) < 4.78 is 5.29. The number of rotatable bonds is 5. The van der Waals surface area contributed by atoms with Gasteiger partial charge >= 0.3 is 0 Å². The van der Waals surface area contributed by atoms with E-state index in [1.54, 1.807) is 11.3 Å². The molecule has 1 aromatic rings. The van der Waals surface area contributed by atoms with Crippen LogP contribution in [-0.2, 0) is 16.1 Å². The summed E-state index contributed by atoms with van der Waals surface area (Å²) >= 11 is 7.39. The van der Waals surface area contributed by atoms with Gasteiger partial charge in [-0.15, -0.1) is 11.3 Å². The molecule has 1 saturated carbocycles. The summed E-state index contributed by atoms with van der Waals surface area (Å²) in [7, 11) is 0. The van der Waals surface area contributed by atoms with E-state index in [4.69, 9.17) is 17.0 Å². The van der Waals surface area contributed by atoms with Crippen molar-refractivity contribution in [2.45, 2.75) is 38.3 Å². The average Bonchev–Trinajstić information content (AvgIpc) is 3.31. The second-order valence-corrected chi connectivity index (χ2v) is 7.72. The van der Waals surface area contributed by atoms with Gasteiger partial charge in [0.05, 0.1) is 26.3 Å². The Morgan fingerprint density at radius 2 is 2.12 bits per heavy atom. The number of hydrogen-bond acceptors (Lipinski definition) is 4. The Kier molecular flexibility index (Phi) is 6.45. The molecule has 1 amide bonds. The van der Waals surface area contributed by atoms with Crippen LogP contribution in [0, 0.1) is 0 Å². The van der Waals surface area contributed by atoms with E-state index in [0.717, 1.165) is 6.54 Å². The summed E-state index contributed by atoms with van der Waals surface area (Å²) in [5, 5.41) is 6.00. The van der Waals surface area contributed by atoms with Gasteiger partial charge in [-0.2, -0.15) is 0 Å². The highest BCUT2D eigenvalue weighted by Crippen LogP contribution is 2.26. The predicted molar refractivity (Wildman–Crippen MR) is 100 cm³/mol. The van der Waals surface area contributed by atoms with Crippen molar-refractivity contribution in [3.63, 3.8) is 0 Å². The number of thiocarbonyl (C=S) groups is 1. The monoisotopic (exact) mass is 367 g/mol. The highest BCUT2D eigenvalue weighted by Gasteiger charge is 2.26. The van der Waals surface area contributed by atoms with Crippen molar-refractivity contribution < 1.29 is 9.53 Å². The van der Waals surface area contributed by atoms with Crippen LogP contribution in [0.1, 0.15) is 30.6 Å². The number of morpholine rings is 1. The number of thiophene rings is 1. The lowest BCUT2D eigenvalue weighted by atomic mass is 10.2. The Morgan fingerprint density at radius 3 is 2.79 bits per heavy atom. The fourth-order valence-corrected chi connectivity index (χ4v) is 4.32. The van der Waals surface area contributed by atoms with Gasteiger partial charge in [0.25, 0.3) is 0 Å². The minimum Gasteiger partial charge on any atom is -0.378 e. The summed E-state index contributed by atoms with van der Waals surface area (Å²) in [4.78, 5) is 17.7. The van der Waals surface area contributed by atoms with E-state index in [2.05, 4.69) is 27.7 Å². The molecule has 0 spiro atoms. The number of hydrogen-bond donors (Lipinski definition) is 1. The molecule has 1 aliphatic heterocycles. The third-order valence-electron chi connectivity index (χ3n) is 4.69. The Morgan fingerprint density at radius 1 is 1.38 bits per heavy atom. The molecule has 1 aliphatic carbocycles. The lowest BCUT2D eigenvalue weighted by molar-refractivity contribution is -0.134. The molecule has 0 radical (unpaired) electrons. The van der Waals surface area contributed by atoms with Crippen LogP contribution >= 0.6 is 23.6 Å². The second-order valence-electron chi connectivity index (χ2n) is 6.30. The molecule has 2 heterocycles. The van der Waals surface area contributed by atoms with Crippen LogP contribution in [0.2, 0.25) is 0 Å². The molecule has 7 heteroatoms. The normalized spacial score (nSPS) is 18.6. The smallest absolute Gasteiger partial charge is 0.242 e. The fraction of sp³-hybridized carbons (Fsp3) is 0.647. The maximum atomic E-state index is 12.3. The van der Waals surface area contributed by atoms with E-state index < -0.39 is 0 Å². The van der Waals surface area contributed by atoms with Crippen molar-refractivity contribution >= 4 is 34.6 Å². The van der Waals surface area contributed by atoms with Crippen molar-refractivity contribution in [1.82, 2.24) is 15.1 Å². The van der Waals surface area contributed by atoms with Gasteiger partial charge in [-0.25, -0.2) is 0 Å². The first kappa shape index (κ1) is 17.6. The van der Waals surface area contributed by atoms with Gasteiger partial charge in [-0.1, -0.05) is 18.9 Å². The molecule has 1 N–H and O–H groups in total. The van der Waals surface area contributed by atoms with Gasteiger partial charge in [0.1, 0.15) is 0 Å². The quantitative estimate of drug-likeness (QED) is 0.809. The van der Waals surface area contributed by atoms with E-state index in [0.29, 0.717) is 37.5 Å². The maximum Gasteiger partial charge on any atom is 0.242 e. The molecule has 0 aromatic carbocycles. The molecule has 0 unspecified atom stereocenters. The number of ether oxygens (including phenoxy) is 1. The van der Waals surface area contributed by atoms with Crippen molar-refractivity contribution in [2.75, 3.05) is 32.8 Å². The zero-order valence-corrected chi connectivity index (χ0v) is 15.5. The Balaban J connectivity index is 1.55. The highest BCUT2D eigenvalue weighted by atomic mass is 32.1. The van der Waals surface area contributed by atoms with E-state index in [9.17, 15) is 4.79 Å². The van der Waals surface area contributed by atoms with E-state index in [1.165, 1.54) is 30.6 Å². The van der Waals surface area contributed by atoms with Crippen LogP contribution in [0.4, 0.5) is 0 Å². The number of carbonyl (C=O) groups is 1. The minimum atomic E-state index is 0.100. The second kappa shape index (κ2) is 8.78. The fourth-order valence-electron chi connectivity index (χ4n) is 3.33. The van der Waals surface area contributed by atoms with Gasteiger partial charge in [-0.05, 0) is 36.5 Å². The molecule has 1 saturated heterocycles. The standard InChI is InChI=1S/C17H25N3O2S2/c21-16(19-7-9-22-10-8-19)12-18-17(23)20(14-4-1-2-5-14)13-15-6-3-11-24-15/h3,6,11,14H,1-2,4-5,7-10,12-13H2,(H,18,23). The Bertz CT molecular complexity index is 538. The van der Waals surface area contributed by atoms with Crippen molar-refractivity contribution in [1.29, 1.82) is 0 Å². The van der Waals surface area contributed by atoms with Gasteiger partial charge in [0.15, 0.2) is 5.11 Å². The molecule has 2 fully saturated rings. The van der Waals surface area contributed by atoms with E-state index >= 15 is 0 Å². The molecule has 3 rings (SSSR count). The number of amides is 1. The van der Waals surface area contributed by atoms with Crippen LogP contribution in [-0.4, -0.2) is 59.7 Å². The molecule has 0 bridgehead atoms. The molecular weight excluding hydrogens is 342 g/mol. The first-order valence-corrected chi connectivity index (χ1v) is 9.95. The molecule has 2 aliphatic rings. The van der Waals surface area contributed by atoms with Crippen molar-refractivity contribution in [3.8, 4) is 0 Å². The summed E-state index contributed by atoms with van der Waals surface area (Å²) in [5.41, 5.74) is 0. The van der Waals surface area contributed by atoms with Gasteiger partial charge in [-0.3, -0.25) is 4.79 Å². The largest absolute Gasteiger partial charge is 0.378 e. The van der Waals surface area contributed by atoms with Crippen LogP contribution in [0.5, 0.6) is 0 Å². The maximum absolute atomic E-state index is 12.3. The Labute approximate surface area is 153 Å². The van der Waals surface area contributed by atoms with Gasteiger partial charge < -0.3 is 19.9 Å². The third kappa shape index (κ3) is 4.68. The molecule has 5 nitrogen and oxygen atoms in total. The summed E-state index contributed by atoms with van der Waals surface area (Å²) in [6, 6.07) is 4.71. The van der Waals surface area contributed by atoms with E-state index in [1.807, 2.05) is 4.90 Å². The van der Waals surface area contributed by atoms with Crippen LogP contribution < -0.4 is 5.32 Å². The molecule has 0 atom stereocenters. The minimum absolute atomic E-state index is 0.100. The van der Waals surface area contributed by atoms with Gasteiger partial charge in [0.2, 0.25) is 5.91 Å². The topological polar surface area (TPSA) is 44.8 Å². The number of nitrogens with one attached hydrogen (secondary N) is 1. The Hall–Kier alpha value is -1.18. The summed E-state index contributed by atoms with van der Waals surface area (Å²) in [6.45, 7) is 3.71. The SMILES string of the molecule is O=C(CNC(=S)N(Cc1cccs1)C1CCCC1)N1CCOCC1. The van der Waals surface area contributed by atoms with Crippen LogP contribution in [0.15, 0.2) is 17.5 Å². The molecule has 24 heavy (non-hydrogen) atoms. The van der Waals surface area contributed by atoms with Crippen LogP contribution in [0.3, 0.4) is 0 Å². The first-order chi connectivity index (χ1) is 11.7. The number of nitrogens with zero attached hydrogens (tertiary/aromatic N) is 2.